The molecule has 2 fully saturated rings. The van der Waals surface area contributed by atoms with Crippen LogP contribution in [0.25, 0.3) is 11.1 Å². The molecule has 184 valence electrons. The summed E-state index contributed by atoms with van der Waals surface area (Å²) in [5.74, 6) is -1.15. The zero-order chi connectivity index (χ0) is 24.7. The molecular formula is C28H32N2O5. The lowest BCUT2D eigenvalue weighted by Crippen LogP contribution is -2.59. The van der Waals surface area contributed by atoms with Crippen LogP contribution in [0, 0.1) is 17.8 Å². The maximum atomic E-state index is 13.5. The number of carboxylic acids is 1. The molecule has 1 saturated carbocycles. The lowest BCUT2D eigenvalue weighted by Gasteiger charge is -2.36. The third-order valence-corrected chi connectivity index (χ3v) is 8.01. The Labute approximate surface area is 205 Å². The molecule has 2 aliphatic carbocycles. The lowest BCUT2D eigenvalue weighted by atomic mass is 9.93. The number of benzene rings is 2. The fourth-order valence-electron chi connectivity index (χ4n) is 6.22. The summed E-state index contributed by atoms with van der Waals surface area (Å²) in [5, 5.41) is 12.2. The maximum Gasteiger partial charge on any atom is 0.408 e. The fraction of sp³-hybridized carbons (Fsp3) is 0.464. The Balaban J connectivity index is 1.25. The number of carboxylic acid groups (broad SMARTS) is 1. The van der Waals surface area contributed by atoms with Gasteiger partial charge in [0.15, 0.2) is 0 Å². The van der Waals surface area contributed by atoms with Gasteiger partial charge in [-0.15, -0.1) is 0 Å². The van der Waals surface area contributed by atoms with Gasteiger partial charge in [-0.05, 0) is 53.9 Å². The van der Waals surface area contributed by atoms with Crippen molar-refractivity contribution in [2.24, 2.45) is 17.8 Å². The highest BCUT2D eigenvalue weighted by molar-refractivity contribution is 5.90. The van der Waals surface area contributed by atoms with Crippen LogP contribution in [0.3, 0.4) is 0 Å². The third-order valence-electron chi connectivity index (χ3n) is 8.01. The molecule has 7 nitrogen and oxygen atoms in total. The first kappa shape index (κ1) is 23.4. The second-order valence-corrected chi connectivity index (χ2v) is 10.3. The van der Waals surface area contributed by atoms with Crippen molar-refractivity contribution in [2.75, 3.05) is 19.7 Å². The van der Waals surface area contributed by atoms with Gasteiger partial charge in [0.05, 0.1) is 5.92 Å². The molecule has 0 radical (unpaired) electrons. The van der Waals surface area contributed by atoms with E-state index in [0.717, 1.165) is 22.3 Å². The standard InChI is InChI=1S/C28H32N2O5/c1-3-13-28(2,26(33)30-14-12-21-22(15-30)24(21)25(31)32)29-27(34)35-16-23-19-10-6-4-8-17(19)18-9-5-7-11-20(18)23/h4-11,21-24H,3,12-16H2,1-2H3,(H,29,34)(H,31,32)/t21-,22+,24?,28?/m0/s1. The van der Waals surface area contributed by atoms with Crippen molar-refractivity contribution in [2.45, 2.75) is 44.6 Å². The van der Waals surface area contributed by atoms with Crippen LogP contribution in [0.1, 0.15) is 50.2 Å². The van der Waals surface area contributed by atoms with Gasteiger partial charge < -0.3 is 20.1 Å². The highest BCUT2D eigenvalue weighted by Gasteiger charge is 2.58. The largest absolute Gasteiger partial charge is 0.481 e. The molecule has 0 bridgehead atoms. The molecule has 0 spiro atoms. The van der Waals surface area contributed by atoms with Crippen molar-refractivity contribution in [1.82, 2.24) is 10.2 Å². The number of amides is 2. The number of fused-ring (bicyclic) bond motifs is 4. The van der Waals surface area contributed by atoms with E-state index in [9.17, 15) is 19.5 Å². The molecule has 35 heavy (non-hydrogen) atoms. The Morgan fingerprint density at radius 1 is 1.06 bits per heavy atom. The number of piperidine rings is 1. The maximum absolute atomic E-state index is 13.5. The Morgan fingerprint density at radius 2 is 1.69 bits per heavy atom. The third kappa shape index (κ3) is 4.17. The monoisotopic (exact) mass is 476 g/mol. The molecule has 2 amide bonds. The molecule has 1 heterocycles. The van der Waals surface area contributed by atoms with E-state index in [1.807, 2.05) is 31.2 Å². The van der Waals surface area contributed by atoms with Crippen molar-refractivity contribution in [3.05, 3.63) is 59.7 Å². The van der Waals surface area contributed by atoms with E-state index >= 15 is 0 Å². The number of alkyl carbamates (subject to hydrolysis) is 1. The smallest absolute Gasteiger partial charge is 0.408 e. The second-order valence-electron chi connectivity index (χ2n) is 10.3. The molecule has 2 N–H and O–H groups in total. The van der Waals surface area contributed by atoms with Crippen LogP contribution in [0.4, 0.5) is 4.79 Å². The van der Waals surface area contributed by atoms with E-state index in [1.165, 1.54) is 0 Å². The van der Waals surface area contributed by atoms with Gasteiger partial charge in [-0.1, -0.05) is 61.9 Å². The number of carbonyl (C=O) groups excluding carboxylic acids is 2. The van der Waals surface area contributed by atoms with Gasteiger partial charge in [-0.3, -0.25) is 9.59 Å². The highest BCUT2D eigenvalue weighted by Crippen LogP contribution is 2.52. The van der Waals surface area contributed by atoms with Gasteiger partial charge in [0.1, 0.15) is 12.1 Å². The van der Waals surface area contributed by atoms with Crippen molar-refractivity contribution in [1.29, 1.82) is 0 Å². The molecule has 7 heteroatoms. The van der Waals surface area contributed by atoms with E-state index in [0.29, 0.717) is 32.4 Å². The number of aliphatic carboxylic acids is 1. The Hall–Kier alpha value is -3.35. The van der Waals surface area contributed by atoms with E-state index in [-0.39, 0.29) is 36.2 Å². The van der Waals surface area contributed by atoms with Gasteiger partial charge in [0, 0.05) is 19.0 Å². The zero-order valence-electron chi connectivity index (χ0n) is 20.2. The first-order valence-electron chi connectivity index (χ1n) is 12.5. The lowest BCUT2D eigenvalue weighted by molar-refractivity contribution is -0.140. The summed E-state index contributed by atoms with van der Waals surface area (Å²) in [5.41, 5.74) is 3.48. The van der Waals surface area contributed by atoms with Crippen LogP contribution >= 0.6 is 0 Å². The topological polar surface area (TPSA) is 95.9 Å². The second kappa shape index (κ2) is 9.02. The van der Waals surface area contributed by atoms with Gasteiger partial charge in [-0.25, -0.2) is 4.79 Å². The van der Waals surface area contributed by atoms with Crippen LogP contribution in [0.15, 0.2) is 48.5 Å². The first-order chi connectivity index (χ1) is 16.8. The Morgan fingerprint density at radius 3 is 2.29 bits per heavy atom. The minimum Gasteiger partial charge on any atom is -0.481 e. The number of nitrogens with one attached hydrogen (secondary N) is 1. The average molecular weight is 477 g/mol. The molecule has 2 unspecified atom stereocenters. The van der Waals surface area contributed by atoms with E-state index in [1.54, 1.807) is 11.8 Å². The zero-order valence-corrected chi connectivity index (χ0v) is 20.2. The minimum absolute atomic E-state index is 0.0190. The van der Waals surface area contributed by atoms with Crippen LogP contribution in [0.5, 0.6) is 0 Å². The number of rotatable bonds is 7. The number of nitrogens with zero attached hydrogens (tertiary/aromatic N) is 1. The molecule has 2 aromatic rings. The molecule has 2 aromatic carbocycles. The summed E-state index contributed by atoms with van der Waals surface area (Å²) >= 11 is 0. The Bertz CT molecular complexity index is 1120. The average Bonchev–Trinajstić information content (AvgIpc) is 3.49. The SMILES string of the molecule is CCCC(C)(NC(=O)OCC1c2ccccc2-c2ccccc21)C(=O)N1CC[C@@H]2C(C(=O)O)[C@@H]2C1. The summed E-state index contributed by atoms with van der Waals surface area (Å²) in [6.07, 6.45) is 1.27. The first-order valence-corrected chi connectivity index (χ1v) is 12.5. The van der Waals surface area contributed by atoms with Crippen LogP contribution in [0.2, 0.25) is 0 Å². The van der Waals surface area contributed by atoms with Gasteiger partial charge in [0.2, 0.25) is 5.91 Å². The van der Waals surface area contributed by atoms with Crippen molar-refractivity contribution >= 4 is 18.0 Å². The highest BCUT2D eigenvalue weighted by atomic mass is 16.5. The normalized spacial score (nSPS) is 23.9. The van der Waals surface area contributed by atoms with Gasteiger partial charge >= 0.3 is 12.1 Å². The predicted molar refractivity (Wildman–Crippen MR) is 131 cm³/mol. The summed E-state index contributed by atoms with van der Waals surface area (Å²) in [6, 6.07) is 16.3. The summed E-state index contributed by atoms with van der Waals surface area (Å²) in [4.78, 5) is 39.5. The summed E-state index contributed by atoms with van der Waals surface area (Å²) in [7, 11) is 0. The van der Waals surface area contributed by atoms with Crippen LogP contribution < -0.4 is 5.32 Å². The van der Waals surface area contributed by atoms with E-state index < -0.39 is 17.6 Å². The van der Waals surface area contributed by atoms with Crippen LogP contribution in [-0.4, -0.2) is 53.2 Å². The molecular weight excluding hydrogens is 444 g/mol. The van der Waals surface area contributed by atoms with E-state index in [2.05, 4.69) is 29.6 Å². The number of likely N-dealkylation sites (tertiary alicyclic amines) is 1. The number of hydrogen-bond donors (Lipinski definition) is 2. The molecule has 3 aliphatic rings. The summed E-state index contributed by atoms with van der Waals surface area (Å²) in [6.45, 7) is 4.86. The van der Waals surface area contributed by atoms with Gasteiger partial charge in [0.25, 0.3) is 0 Å². The van der Waals surface area contributed by atoms with Crippen LogP contribution in [-0.2, 0) is 14.3 Å². The fourth-order valence-corrected chi connectivity index (χ4v) is 6.22. The molecule has 4 atom stereocenters. The van der Waals surface area contributed by atoms with Crippen molar-refractivity contribution in [3.63, 3.8) is 0 Å². The predicted octanol–water partition coefficient (Wildman–Crippen LogP) is 4.26. The molecule has 0 aromatic heterocycles. The quantitative estimate of drug-likeness (QED) is 0.622. The minimum atomic E-state index is -1.10. The van der Waals surface area contributed by atoms with Crippen molar-refractivity contribution < 1.29 is 24.2 Å². The van der Waals surface area contributed by atoms with Gasteiger partial charge in [-0.2, -0.15) is 0 Å². The summed E-state index contributed by atoms with van der Waals surface area (Å²) < 4.78 is 5.70. The number of ether oxygens (including phenoxy) is 1. The number of carbonyl (C=O) groups is 3. The van der Waals surface area contributed by atoms with E-state index in [4.69, 9.17) is 4.74 Å². The number of hydrogen-bond acceptors (Lipinski definition) is 4. The van der Waals surface area contributed by atoms with Crippen molar-refractivity contribution in [3.8, 4) is 11.1 Å². The molecule has 1 saturated heterocycles. The molecule has 1 aliphatic heterocycles. The Kier molecular flexibility index (Phi) is 6.03. The molecule has 5 rings (SSSR count).